The fraction of sp³-hybridized carbons (Fsp3) is 0.0588. The molecule has 0 heterocycles. The third kappa shape index (κ3) is 3.40. The van der Waals surface area contributed by atoms with Crippen molar-refractivity contribution in [3.05, 3.63) is 126 Å². The van der Waals surface area contributed by atoms with Crippen LogP contribution in [0, 0.1) is 0 Å². The van der Waals surface area contributed by atoms with Gasteiger partial charge in [0.05, 0.1) is 0 Å². The quantitative estimate of drug-likeness (QED) is 0.264. The summed E-state index contributed by atoms with van der Waals surface area (Å²) in [5.41, 5.74) is 9.97. The van der Waals surface area contributed by atoms with E-state index in [1.807, 2.05) is 12.2 Å². The Morgan fingerprint density at radius 3 is 2.26 bits per heavy atom. The smallest absolute Gasteiger partial charge is 0.00268 e. The van der Waals surface area contributed by atoms with Gasteiger partial charge in [-0.2, -0.15) is 0 Å². The first-order chi connectivity index (χ1) is 16.7. The molecule has 0 radical (unpaired) electrons. The summed E-state index contributed by atoms with van der Waals surface area (Å²) in [7, 11) is 0. The van der Waals surface area contributed by atoms with E-state index in [4.69, 9.17) is 0 Å². The Bertz CT molecular complexity index is 1630. The van der Waals surface area contributed by atoms with E-state index in [-0.39, 0.29) is 0 Å². The van der Waals surface area contributed by atoms with Crippen LogP contribution in [-0.2, 0) is 6.42 Å². The van der Waals surface area contributed by atoms with Crippen molar-refractivity contribution in [3.8, 4) is 22.3 Å². The third-order valence-corrected chi connectivity index (χ3v) is 7.03. The first kappa shape index (κ1) is 20.4. The molecule has 0 unspecified atom stereocenters. The lowest BCUT2D eigenvalue weighted by atomic mass is 9.88. The topological polar surface area (TPSA) is 0 Å². The molecule has 1 aliphatic carbocycles. The van der Waals surface area contributed by atoms with Crippen molar-refractivity contribution < 1.29 is 0 Å². The van der Waals surface area contributed by atoms with Crippen molar-refractivity contribution in [2.24, 2.45) is 0 Å². The summed E-state index contributed by atoms with van der Waals surface area (Å²) in [6, 6.07) is 31.2. The van der Waals surface area contributed by atoms with Crippen molar-refractivity contribution in [1.29, 1.82) is 0 Å². The van der Waals surface area contributed by atoms with Crippen LogP contribution in [-0.4, -0.2) is 0 Å². The summed E-state index contributed by atoms with van der Waals surface area (Å²) in [6.07, 6.45) is 10.7. The molecule has 0 saturated carbocycles. The van der Waals surface area contributed by atoms with Crippen LogP contribution < -0.4 is 0 Å². The van der Waals surface area contributed by atoms with E-state index >= 15 is 0 Å². The summed E-state index contributed by atoms with van der Waals surface area (Å²) in [5.74, 6) is 0. The summed E-state index contributed by atoms with van der Waals surface area (Å²) in [5, 5.41) is 4.94. The minimum atomic E-state index is 1.11. The molecular weight excluding hydrogens is 408 g/mol. The zero-order valence-electron chi connectivity index (χ0n) is 19.2. The van der Waals surface area contributed by atoms with Crippen LogP contribution in [0.15, 0.2) is 104 Å². The Balaban J connectivity index is 1.54. The van der Waals surface area contributed by atoms with Gasteiger partial charge < -0.3 is 0 Å². The third-order valence-electron chi connectivity index (χ3n) is 7.03. The van der Waals surface area contributed by atoms with Gasteiger partial charge in [-0.3, -0.25) is 0 Å². The summed E-state index contributed by atoms with van der Waals surface area (Å²) >= 11 is 0. The lowest BCUT2D eigenvalue weighted by Gasteiger charge is -2.16. The molecule has 0 fully saturated rings. The van der Waals surface area contributed by atoms with Crippen LogP contribution in [0.5, 0.6) is 0 Å². The summed E-state index contributed by atoms with van der Waals surface area (Å²) in [6.45, 7) is 8.18. The molecule has 0 spiro atoms. The van der Waals surface area contributed by atoms with Crippen molar-refractivity contribution >= 4 is 39.8 Å². The molecule has 162 valence electrons. The molecule has 0 saturated heterocycles. The number of allylic oxidation sites excluding steroid dienone is 1. The second kappa shape index (κ2) is 8.32. The van der Waals surface area contributed by atoms with Gasteiger partial charge in [-0.1, -0.05) is 98.1 Å². The molecule has 1 aliphatic rings. The Labute approximate surface area is 201 Å². The molecule has 0 amide bonds. The molecule has 0 aliphatic heterocycles. The SMILES string of the molecule is C=Cc1cc2ccccc2c(-c2ccc3ccc(-c4ccc5c(c4)C=CCC5)cc3c2)c1C=C. The molecule has 5 aromatic rings. The van der Waals surface area contributed by atoms with Crippen LogP contribution in [0.4, 0.5) is 0 Å². The van der Waals surface area contributed by atoms with E-state index in [0.717, 1.165) is 24.0 Å². The van der Waals surface area contributed by atoms with Crippen molar-refractivity contribution in [3.63, 3.8) is 0 Å². The van der Waals surface area contributed by atoms with Crippen molar-refractivity contribution in [2.75, 3.05) is 0 Å². The molecule has 34 heavy (non-hydrogen) atoms. The maximum absolute atomic E-state index is 4.13. The minimum absolute atomic E-state index is 1.11. The molecule has 0 atom stereocenters. The highest BCUT2D eigenvalue weighted by atomic mass is 14.2. The Kier molecular flexibility index (Phi) is 5.00. The number of hydrogen-bond donors (Lipinski definition) is 0. The Morgan fingerprint density at radius 1 is 0.647 bits per heavy atom. The fourth-order valence-corrected chi connectivity index (χ4v) is 5.27. The second-order valence-electron chi connectivity index (χ2n) is 9.02. The molecular formula is C34H26. The van der Waals surface area contributed by atoms with Gasteiger partial charge in [-0.05, 0) is 103 Å². The lowest BCUT2D eigenvalue weighted by Crippen LogP contribution is -1.94. The summed E-state index contributed by atoms with van der Waals surface area (Å²) < 4.78 is 0. The van der Waals surface area contributed by atoms with Crippen LogP contribution in [0.25, 0.3) is 62.0 Å². The van der Waals surface area contributed by atoms with E-state index in [0.29, 0.717) is 0 Å². The van der Waals surface area contributed by atoms with Gasteiger partial charge in [-0.25, -0.2) is 0 Å². The minimum Gasteiger partial charge on any atom is -0.0984 e. The predicted molar refractivity (Wildman–Crippen MR) is 150 cm³/mol. The summed E-state index contributed by atoms with van der Waals surface area (Å²) in [4.78, 5) is 0. The molecule has 5 aromatic carbocycles. The first-order valence-corrected chi connectivity index (χ1v) is 11.9. The van der Waals surface area contributed by atoms with Crippen LogP contribution in [0.1, 0.15) is 28.7 Å². The number of rotatable bonds is 4. The number of fused-ring (bicyclic) bond motifs is 3. The normalized spacial score (nSPS) is 12.6. The van der Waals surface area contributed by atoms with Crippen LogP contribution in [0.2, 0.25) is 0 Å². The van der Waals surface area contributed by atoms with Crippen LogP contribution in [0.3, 0.4) is 0 Å². The highest BCUT2D eigenvalue weighted by Gasteiger charge is 2.13. The monoisotopic (exact) mass is 434 g/mol. The molecule has 0 nitrogen and oxygen atoms in total. The Morgan fingerprint density at radius 2 is 1.41 bits per heavy atom. The van der Waals surface area contributed by atoms with E-state index < -0.39 is 0 Å². The molecule has 6 rings (SSSR count). The van der Waals surface area contributed by atoms with E-state index in [9.17, 15) is 0 Å². The van der Waals surface area contributed by atoms with Gasteiger partial charge >= 0.3 is 0 Å². The van der Waals surface area contributed by atoms with Gasteiger partial charge in [0.15, 0.2) is 0 Å². The molecule has 0 aromatic heterocycles. The fourth-order valence-electron chi connectivity index (χ4n) is 5.27. The van der Waals surface area contributed by atoms with Gasteiger partial charge in [-0.15, -0.1) is 0 Å². The van der Waals surface area contributed by atoms with Crippen molar-refractivity contribution in [2.45, 2.75) is 12.8 Å². The number of benzene rings is 5. The lowest BCUT2D eigenvalue weighted by molar-refractivity contribution is 0.986. The van der Waals surface area contributed by atoms with E-state index in [1.54, 1.807) is 0 Å². The van der Waals surface area contributed by atoms with Crippen molar-refractivity contribution in [1.82, 2.24) is 0 Å². The highest BCUT2D eigenvalue weighted by molar-refractivity contribution is 6.04. The number of hydrogen-bond acceptors (Lipinski definition) is 0. The number of aryl methyl sites for hydroxylation is 1. The average Bonchev–Trinajstić information content (AvgIpc) is 2.91. The molecule has 0 N–H and O–H groups in total. The zero-order chi connectivity index (χ0) is 23.1. The van der Waals surface area contributed by atoms with Gasteiger partial charge in [0.2, 0.25) is 0 Å². The van der Waals surface area contributed by atoms with E-state index in [2.05, 4.69) is 110 Å². The highest BCUT2D eigenvalue weighted by Crippen LogP contribution is 2.38. The van der Waals surface area contributed by atoms with Gasteiger partial charge in [0, 0.05) is 0 Å². The maximum Gasteiger partial charge on any atom is -0.00268 e. The first-order valence-electron chi connectivity index (χ1n) is 11.9. The second-order valence-corrected chi connectivity index (χ2v) is 9.02. The predicted octanol–water partition coefficient (Wildman–Crippen LogP) is 9.57. The zero-order valence-corrected chi connectivity index (χ0v) is 19.2. The van der Waals surface area contributed by atoms with Gasteiger partial charge in [0.25, 0.3) is 0 Å². The molecule has 0 heteroatoms. The van der Waals surface area contributed by atoms with Gasteiger partial charge in [0.1, 0.15) is 0 Å². The molecule has 0 bridgehead atoms. The van der Waals surface area contributed by atoms with E-state index in [1.165, 1.54) is 54.9 Å². The standard InChI is InChI=1S/C34H26/c1-3-23-19-29-11-7-8-12-33(29)34(32(23)4-2)30-18-15-25-14-17-28(21-31(25)22-30)27-16-13-24-9-5-6-10-26(24)20-27/h3-4,6-8,10-22H,1-2,5,9H2. The maximum atomic E-state index is 4.13. The average molecular weight is 435 g/mol. The van der Waals surface area contributed by atoms with Crippen LogP contribution >= 0.6 is 0 Å². The largest absolute Gasteiger partial charge is 0.0984 e. The Hall–Kier alpha value is -4.16.